The summed E-state index contributed by atoms with van der Waals surface area (Å²) in [5.74, 6) is 1.90. The van der Waals surface area contributed by atoms with E-state index in [1.807, 2.05) is 6.92 Å². The first-order chi connectivity index (χ1) is 10.9. The van der Waals surface area contributed by atoms with Crippen molar-refractivity contribution >= 4 is 17.2 Å². The second-order valence-corrected chi connectivity index (χ2v) is 13.8. The van der Waals surface area contributed by atoms with Crippen molar-refractivity contribution in [2.24, 2.45) is 0 Å². The van der Waals surface area contributed by atoms with Gasteiger partial charge in [0.25, 0.3) is 0 Å². The third kappa shape index (κ3) is 5.89. The molecule has 0 aliphatic heterocycles. The molecule has 1 aromatic rings. The van der Waals surface area contributed by atoms with Gasteiger partial charge in [0.05, 0.1) is 0 Å². The number of allylic oxidation sites excluding steroid dienone is 2. The summed E-state index contributed by atoms with van der Waals surface area (Å²) in [4.78, 5) is 0. The van der Waals surface area contributed by atoms with Crippen LogP contribution in [0.1, 0.15) is 38.8 Å². The van der Waals surface area contributed by atoms with Crippen LogP contribution in [-0.4, -0.2) is 21.0 Å². The Kier molecular flexibility index (Phi) is 9.24. The topological polar surface area (TPSA) is 30.5 Å². The van der Waals surface area contributed by atoms with Gasteiger partial charge in [-0.1, -0.05) is 0 Å². The van der Waals surface area contributed by atoms with Crippen LogP contribution in [0.15, 0.2) is 29.7 Å². The van der Waals surface area contributed by atoms with Crippen molar-refractivity contribution in [3.63, 3.8) is 0 Å². The minimum absolute atomic E-state index is 0. The van der Waals surface area contributed by atoms with Crippen LogP contribution in [-0.2, 0) is 29.5 Å². The summed E-state index contributed by atoms with van der Waals surface area (Å²) in [6.07, 6.45) is 0. The Morgan fingerprint density at radius 2 is 1.69 bits per heavy atom. The van der Waals surface area contributed by atoms with E-state index >= 15 is 0 Å². The van der Waals surface area contributed by atoms with Crippen LogP contribution in [0.3, 0.4) is 0 Å². The number of ether oxygens (including phenoxy) is 1. The van der Waals surface area contributed by atoms with Gasteiger partial charge in [0.1, 0.15) is 0 Å². The average Bonchev–Trinajstić information content (AvgIpc) is 2.69. The molecule has 0 heterocycles. The van der Waals surface area contributed by atoms with E-state index in [1.54, 1.807) is 7.11 Å². The first-order valence-electron chi connectivity index (χ1n) is 8.26. The molecule has 26 heavy (non-hydrogen) atoms. The maximum Gasteiger partial charge on any atom is -1.00 e. The van der Waals surface area contributed by atoms with E-state index in [1.165, 1.54) is 44.8 Å². The molecule has 0 bridgehead atoms. The molecule has 2 rings (SSSR count). The smallest absolute Gasteiger partial charge is 1.00 e. The van der Waals surface area contributed by atoms with Crippen molar-refractivity contribution in [2.75, 3.05) is 7.11 Å². The molecule has 0 radical (unpaired) electrons. The predicted molar refractivity (Wildman–Crippen MR) is 99.8 cm³/mol. The number of methoxy groups -OCH3 is 1. The summed E-state index contributed by atoms with van der Waals surface area (Å²) >= 11 is 1.39. The largest absolute Gasteiger partial charge is 1.00 e. The number of halogens is 2. The molecule has 7 heteroatoms. The fraction of sp³-hybridized carbons (Fsp3) is 0.474. The van der Waals surface area contributed by atoms with E-state index in [0.29, 0.717) is 0 Å². The fourth-order valence-electron chi connectivity index (χ4n) is 2.75. The molecule has 3 nitrogen and oxygen atoms in total. The second-order valence-electron chi connectivity index (χ2n) is 8.15. The van der Waals surface area contributed by atoms with Crippen LogP contribution in [0.2, 0.25) is 19.6 Å². The first kappa shape index (κ1) is 25.8. The summed E-state index contributed by atoms with van der Waals surface area (Å²) < 4.78 is 13.4. The van der Waals surface area contributed by atoms with Gasteiger partial charge >= 0.3 is 163 Å². The Bertz CT molecular complexity index is 719. The van der Waals surface area contributed by atoms with Crippen molar-refractivity contribution in [1.29, 1.82) is 0 Å². The Morgan fingerprint density at radius 3 is 2.15 bits per heavy atom. The van der Waals surface area contributed by atoms with E-state index in [9.17, 15) is 0 Å². The van der Waals surface area contributed by atoms with Crippen LogP contribution in [0.4, 0.5) is 0 Å². The van der Waals surface area contributed by atoms with Crippen LogP contribution >= 0.6 is 0 Å². The molecule has 0 saturated heterocycles. The summed E-state index contributed by atoms with van der Waals surface area (Å²) in [5.41, 5.74) is 4.75. The van der Waals surface area contributed by atoms with Gasteiger partial charge in [-0.25, -0.2) is 0 Å². The number of rotatable bonds is 4. The molecule has 0 atom stereocenters. The number of benzene rings is 1. The molecular formula is C19H28Cl2NO2SiZr. The molecule has 1 aliphatic rings. The fourth-order valence-corrected chi connectivity index (χ4v) is 4.55. The summed E-state index contributed by atoms with van der Waals surface area (Å²) in [6.45, 7) is 15.2. The van der Waals surface area contributed by atoms with Gasteiger partial charge in [-0.15, -0.1) is 0 Å². The zero-order valence-corrected chi connectivity index (χ0v) is 21.8. The number of hydrogen-bond donors (Lipinski definition) is 1. The molecule has 1 aromatic carbocycles. The van der Waals surface area contributed by atoms with E-state index in [4.69, 9.17) is 9.16 Å². The zero-order chi connectivity index (χ0) is 18.3. The van der Waals surface area contributed by atoms with Gasteiger partial charge in [0.15, 0.2) is 0 Å². The van der Waals surface area contributed by atoms with E-state index in [2.05, 4.69) is 63.9 Å². The van der Waals surface area contributed by atoms with Crippen molar-refractivity contribution < 1.29 is 58.7 Å². The van der Waals surface area contributed by atoms with Gasteiger partial charge in [-0.3, -0.25) is 0 Å². The normalized spacial score (nSPS) is 15.6. The van der Waals surface area contributed by atoms with Gasteiger partial charge in [-0.2, -0.15) is 0 Å². The Hall–Kier alpha value is -0.220. The second kappa shape index (κ2) is 9.32. The maximum atomic E-state index is 6.40. The molecule has 143 valence electrons. The molecule has 0 saturated carbocycles. The Morgan fingerprint density at radius 1 is 1.12 bits per heavy atom. The zero-order valence-electron chi connectivity index (χ0n) is 16.8. The van der Waals surface area contributed by atoms with Gasteiger partial charge in [0, 0.05) is 0 Å². The summed E-state index contributed by atoms with van der Waals surface area (Å²) in [7, 11) is 0.0346. The molecule has 0 amide bonds. The minimum Gasteiger partial charge on any atom is -1.00 e. The van der Waals surface area contributed by atoms with E-state index in [-0.39, 0.29) is 30.4 Å². The van der Waals surface area contributed by atoms with Crippen LogP contribution < -0.4 is 34.6 Å². The van der Waals surface area contributed by atoms with Crippen LogP contribution in [0.25, 0.3) is 8.85 Å². The number of nitrogens with one attached hydrogen (secondary N) is 1. The first-order valence-corrected chi connectivity index (χ1v) is 12.9. The third-order valence-electron chi connectivity index (χ3n) is 3.62. The molecule has 0 unspecified atom stereocenters. The average molecular weight is 493 g/mol. The van der Waals surface area contributed by atoms with Crippen molar-refractivity contribution in [2.45, 2.75) is 52.9 Å². The molecule has 0 aromatic heterocycles. The monoisotopic (exact) mass is 490 g/mol. The van der Waals surface area contributed by atoms with Crippen molar-refractivity contribution in [3.05, 3.63) is 40.8 Å². The Labute approximate surface area is 186 Å². The number of hydrogen-bond acceptors (Lipinski definition) is 3. The number of fused-ring (bicyclic) bond motifs is 1. The molecule has 0 spiro atoms. The van der Waals surface area contributed by atoms with Crippen LogP contribution in [0.5, 0.6) is 5.75 Å². The quantitative estimate of drug-likeness (QED) is 0.428. The molecule has 1 aliphatic carbocycles. The SMILES string of the molecule is COC(C)=C1C(NC(C)(C)C)=[C]([Zr+2])c2cccc(O[Si](C)(C)C)c21.[Cl-].[Cl-]. The molecule has 1 N–H and O–H groups in total. The van der Waals surface area contributed by atoms with Crippen molar-refractivity contribution in [3.8, 4) is 5.75 Å². The van der Waals surface area contributed by atoms with Gasteiger partial charge in [-0.05, 0) is 0 Å². The van der Waals surface area contributed by atoms with E-state index in [0.717, 1.165) is 17.1 Å². The molecule has 0 fully saturated rings. The maximum absolute atomic E-state index is 6.40. The van der Waals surface area contributed by atoms with E-state index < -0.39 is 8.32 Å². The minimum atomic E-state index is -1.70. The molecular weight excluding hydrogens is 464 g/mol. The summed E-state index contributed by atoms with van der Waals surface area (Å²) in [5, 5.41) is 3.69. The van der Waals surface area contributed by atoms with Gasteiger partial charge < -0.3 is 24.8 Å². The third-order valence-corrected chi connectivity index (χ3v) is 5.73. The predicted octanol–water partition coefficient (Wildman–Crippen LogP) is -1.10. The van der Waals surface area contributed by atoms with Gasteiger partial charge in [0.2, 0.25) is 0 Å². The Balaban J connectivity index is 0.00000312. The standard InChI is InChI=1S/C19H28NO2Si.2ClH.Zr/c1-13(21-5)17-15(20-19(2,3)4)12-14-10-9-11-16(18(14)17)22-23(6,7)8;;;/h9-11,20H,1-8H3;2*1H;/q;;;+2/p-2. The van der Waals surface area contributed by atoms with Crippen LogP contribution in [0, 0.1) is 0 Å². The van der Waals surface area contributed by atoms with Crippen molar-refractivity contribution in [1.82, 2.24) is 5.32 Å². The summed E-state index contributed by atoms with van der Waals surface area (Å²) in [6, 6.07) is 6.37.